The predicted molar refractivity (Wildman–Crippen MR) is 102 cm³/mol. The zero-order chi connectivity index (χ0) is 19.1. The molecule has 1 amide bonds. The molecule has 0 saturated carbocycles. The number of fused-ring (bicyclic) bond motifs is 1. The van der Waals surface area contributed by atoms with Crippen LogP contribution in [-0.2, 0) is 17.3 Å². The lowest BCUT2D eigenvalue weighted by Gasteiger charge is -2.13. The second kappa shape index (κ2) is 6.71. The number of hydrogen-bond donors (Lipinski definition) is 1. The summed E-state index contributed by atoms with van der Waals surface area (Å²) in [7, 11) is 1.82. The van der Waals surface area contributed by atoms with Crippen LogP contribution in [0.3, 0.4) is 0 Å². The lowest BCUT2D eigenvalue weighted by Crippen LogP contribution is -2.16. The number of aromatic nitrogens is 6. The van der Waals surface area contributed by atoms with Crippen LogP contribution in [0.1, 0.15) is 38.0 Å². The van der Waals surface area contributed by atoms with E-state index in [0.29, 0.717) is 11.0 Å². The Bertz CT molecular complexity index is 968. The van der Waals surface area contributed by atoms with E-state index in [9.17, 15) is 4.79 Å². The Morgan fingerprint density at radius 1 is 1.23 bits per heavy atom. The molecule has 138 valence electrons. The highest BCUT2D eigenvalue weighted by Gasteiger charge is 2.20. The molecule has 3 aromatic rings. The average molecular weight is 373 g/mol. The van der Waals surface area contributed by atoms with Crippen LogP contribution in [0.15, 0.2) is 17.3 Å². The van der Waals surface area contributed by atoms with E-state index in [0.717, 1.165) is 22.9 Å². The van der Waals surface area contributed by atoms with Crippen LogP contribution in [0.4, 0.5) is 5.82 Å². The third kappa shape index (κ3) is 3.72. The van der Waals surface area contributed by atoms with Crippen molar-refractivity contribution in [1.82, 2.24) is 29.4 Å². The molecule has 1 N–H and O–H groups in total. The van der Waals surface area contributed by atoms with Crippen molar-refractivity contribution < 1.29 is 4.79 Å². The van der Waals surface area contributed by atoms with E-state index >= 15 is 0 Å². The van der Waals surface area contributed by atoms with Gasteiger partial charge in [-0.05, 0) is 13.8 Å². The summed E-state index contributed by atoms with van der Waals surface area (Å²) < 4.78 is 3.54. The van der Waals surface area contributed by atoms with Gasteiger partial charge in [-0.1, -0.05) is 32.5 Å². The molecule has 0 radical (unpaired) electrons. The summed E-state index contributed by atoms with van der Waals surface area (Å²) in [6.07, 6.45) is 0. The summed E-state index contributed by atoms with van der Waals surface area (Å²) in [5.41, 5.74) is 2.49. The topological polar surface area (TPSA) is 90.0 Å². The fraction of sp³-hybridized carbons (Fsp3) is 0.471. The lowest BCUT2D eigenvalue weighted by atomic mass is 9.92. The number of aryl methyl sites for hydroxylation is 3. The number of carbonyl (C=O) groups excluding carboxylic acids is 1. The van der Waals surface area contributed by atoms with Gasteiger partial charge in [0.2, 0.25) is 5.91 Å². The molecule has 9 heteroatoms. The molecule has 8 nitrogen and oxygen atoms in total. The molecule has 0 bridgehead atoms. The Kier molecular flexibility index (Phi) is 4.74. The number of amides is 1. The number of hydrogen-bond acceptors (Lipinski definition) is 6. The Hall–Kier alpha value is -2.42. The second-order valence-corrected chi connectivity index (χ2v) is 8.19. The number of rotatable bonds is 4. The van der Waals surface area contributed by atoms with E-state index in [1.165, 1.54) is 11.8 Å². The van der Waals surface area contributed by atoms with Crippen LogP contribution in [0.5, 0.6) is 0 Å². The van der Waals surface area contributed by atoms with Crippen molar-refractivity contribution in [1.29, 1.82) is 0 Å². The molecule has 0 atom stereocenters. The molecule has 3 aromatic heterocycles. The van der Waals surface area contributed by atoms with Gasteiger partial charge in [0, 0.05) is 30.3 Å². The minimum Gasteiger partial charge on any atom is -0.310 e. The maximum absolute atomic E-state index is 12.3. The Morgan fingerprint density at radius 2 is 1.96 bits per heavy atom. The van der Waals surface area contributed by atoms with Crippen LogP contribution in [0.2, 0.25) is 0 Å². The number of carbonyl (C=O) groups is 1. The fourth-order valence-corrected chi connectivity index (χ4v) is 3.34. The molecule has 0 saturated heterocycles. The van der Waals surface area contributed by atoms with Crippen LogP contribution < -0.4 is 5.32 Å². The van der Waals surface area contributed by atoms with Gasteiger partial charge in [-0.2, -0.15) is 5.10 Å². The molecule has 26 heavy (non-hydrogen) atoms. The molecule has 0 unspecified atom stereocenters. The summed E-state index contributed by atoms with van der Waals surface area (Å²) in [6.45, 7) is 10.1. The summed E-state index contributed by atoms with van der Waals surface area (Å²) in [6, 6.07) is 3.78. The minimum atomic E-state index is -0.118. The third-order valence-corrected chi connectivity index (χ3v) is 4.84. The second-order valence-electron chi connectivity index (χ2n) is 7.25. The summed E-state index contributed by atoms with van der Waals surface area (Å²) in [5.74, 6) is 1.59. The Balaban J connectivity index is 1.70. The molecule has 0 aliphatic carbocycles. The monoisotopic (exact) mass is 373 g/mol. The third-order valence-electron chi connectivity index (χ3n) is 3.91. The molecular weight excluding hydrogens is 350 g/mol. The maximum atomic E-state index is 12.3. The maximum Gasteiger partial charge on any atom is 0.235 e. The van der Waals surface area contributed by atoms with Crippen molar-refractivity contribution in [3.05, 3.63) is 29.3 Å². The first kappa shape index (κ1) is 18.4. The number of thioether (sulfide) groups is 1. The van der Waals surface area contributed by atoms with Crippen molar-refractivity contribution in [2.75, 3.05) is 11.1 Å². The zero-order valence-electron chi connectivity index (χ0n) is 15.9. The van der Waals surface area contributed by atoms with Gasteiger partial charge in [0.15, 0.2) is 10.8 Å². The minimum absolute atomic E-state index is 0.0709. The van der Waals surface area contributed by atoms with Gasteiger partial charge in [0.1, 0.15) is 11.6 Å². The molecule has 0 aliphatic rings. The molecule has 0 aromatic carbocycles. The Labute approximate surface area is 156 Å². The van der Waals surface area contributed by atoms with Crippen LogP contribution >= 0.6 is 11.8 Å². The fourth-order valence-electron chi connectivity index (χ4n) is 2.56. The quantitative estimate of drug-likeness (QED) is 0.707. The van der Waals surface area contributed by atoms with Gasteiger partial charge in [-0.3, -0.25) is 13.9 Å². The van der Waals surface area contributed by atoms with Crippen LogP contribution in [0, 0.1) is 13.8 Å². The normalized spacial score (nSPS) is 11.9. The Morgan fingerprint density at radius 3 is 2.62 bits per heavy atom. The smallest absolute Gasteiger partial charge is 0.235 e. The van der Waals surface area contributed by atoms with Gasteiger partial charge in [-0.15, -0.1) is 10.2 Å². The largest absolute Gasteiger partial charge is 0.310 e. The van der Waals surface area contributed by atoms with E-state index in [1.54, 1.807) is 4.68 Å². The molecular formula is C17H23N7OS. The zero-order valence-corrected chi connectivity index (χ0v) is 16.7. The van der Waals surface area contributed by atoms with Gasteiger partial charge in [0.25, 0.3) is 0 Å². The predicted octanol–water partition coefficient (Wildman–Crippen LogP) is 2.50. The van der Waals surface area contributed by atoms with Crippen molar-refractivity contribution in [3.63, 3.8) is 0 Å². The van der Waals surface area contributed by atoms with Gasteiger partial charge in [0.05, 0.1) is 11.4 Å². The van der Waals surface area contributed by atoms with Gasteiger partial charge >= 0.3 is 0 Å². The number of nitrogens with one attached hydrogen (secondary N) is 1. The lowest BCUT2D eigenvalue weighted by molar-refractivity contribution is -0.113. The van der Waals surface area contributed by atoms with Crippen LogP contribution in [0.25, 0.3) is 5.65 Å². The summed E-state index contributed by atoms with van der Waals surface area (Å²) in [4.78, 5) is 16.8. The number of anilines is 1. The first-order chi connectivity index (χ1) is 12.1. The molecule has 3 rings (SSSR count). The summed E-state index contributed by atoms with van der Waals surface area (Å²) >= 11 is 1.33. The highest BCUT2D eigenvalue weighted by molar-refractivity contribution is 7.99. The first-order valence-corrected chi connectivity index (χ1v) is 9.30. The molecule has 0 aliphatic heterocycles. The van der Waals surface area contributed by atoms with Crippen molar-refractivity contribution >= 4 is 29.1 Å². The van der Waals surface area contributed by atoms with Gasteiger partial charge in [-0.25, -0.2) is 4.98 Å². The average Bonchev–Trinajstić information content (AvgIpc) is 3.09. The highest BCUT2D eigenvalue weighted by Crippen LogP contribution is 2.24. The summed E-state index contributed by atoms with van der Waals surface area (Å²) in [5, 5.41) is 16.3. The van der Waals surface area contributed by atoms with Crippen molar-refractivity contribution in [2.24, 2.45) is 7.05 Å². The molecule has 0 fully saturated rings. The van der Waals surface area contributed by atoms with Crippen molar-refractivity contribution in [2.45, 2.75) is 45.2 Å². The van der Waals surface area contributed by atoms with Crippen LogP contribution in [-0.4, -0.2) is 41.0 Å². The van der Waals surface area contributed by atoms with E-state index in [4.69, 9.17) is 0 Å². The van der Waals surface area contributed by atoms with E-state index < -0.39 is 0 Å². The standard InChI is InChI=1S/C17H23N7OS/c1-10-7-14-20-21-16(24(14)11(2)18-10)26-9-15(25)19-13-8-12(17(3,4)5)22-23(13)6/h7-8H,9H2,1-6H3,(H,19,25). The number of nitrogens with zero attached hydrogens (tertiary/aromatic N) is 6. The van der Waals surface area contributed by atoms with E-state index in [2.05, 4.69) is 46.4 Å². The van der Waals surface area contributed by atoms with Gasteiger partial charge < -0.3 is 5.32 Å². The highest BCUT2D eigenvalue weighted by atomic mass is 32.2. The van der Waals surface area contributed by atoms with E-state index in [1.807, 2.05) is 37.4 Å². The SMILES string of the molecule is Cc1cc2nnc(SCC(=O)Nc3cc(C(C)(C)C)nn3C)n2c(C)n1. The molecule has 3 heterocycles. The first-order valence-electron chi connectivity index (χ1n) is 8.31. The van der Waals surface area contributed by atoms with E-state index in [-0.39, 0.29) is 17.1 Å². The molecule has 0 spiro atoms. The van der Waals surface area contributed by atoms with Crippen molar-refractivity contribution in [3.8, 4) is 0 Å².